The van der Waals surface area contributed by atoms with E-state index in [0.717, 1.165) is 34.8 Å². The Hall–Kier alpha value is -1.25. The maximum Gasteiger partial charge on any atom is 0.0691 e. The van der Waals surface area contributed by atoms with E-state index in [0.29, 0.717) is 5.02 Å². The van der Waals surface area contributed by atoms with Crippen LogP contribution in [0, 0.1) is 6.92 Å². The van der Waals surface area contributed by atoms with Crippen molar-refractivity contribution in [3.8, 4) is 0 Å². The zero-order valence-corrected chi connectivity index (χ0v) is 12.1. The monoisotopic (exact) mass is 292 g/mol. The van der Waals surface area contributed by atoms with Crippen LogP contribution in [0.5, 0.6) is 0 Å². The Morgan fingerprint density at radius 1 is 1.26 bits per heavy atom. The van der Waals surface area contributed by atoms with Gasteiger partial charge in [-0.15, -0.1) is 0 Å². The molecule has 1 atom stereocenters. The van der Waals surface area contributed by atoms with Crippen LogP contribution in [0.4, 0.5) is 5.69 Å². The van der Waals surface area contributed by atoms with E-state index in [2.05, 4.69) is 16.4 Å². The van der Waals surface area contributed by atoms with Gasteiger partial charge < -0.3 is 5.32 Å². The molecule has 0 spiro atoms. The molecular formula is C15H14Cl2N2. The maximum absolute atomic E-state index is 6.27. The van der Waals surface area contributed by atoms with Crippen molar-refractivity contribution in [2.45, 2.75) is 25.8 Å². The second-order valence-electron chi connectivity index (χ2n) is 4.86. The smallest absolute Gasteiger partial charge is 0.0691 e. The molecule has 1 aliphatic carbocycles. The summed E-state index contributed by atoms with van der Waals surface area (Å²) in [5.41, 5.74) is 4.30. The Labute approximate surface area is 122 Å². The lowest BCUT2D eigenvalue weighted by atomic mass is 10.1. The topological polar surface area (TPSA) is 24.9 Å². The molecule has 4 heteroatoms. The van der Waals surface area contributed by atoms with Crippen molar-refractivity contribution in [3.63, 3.8) is 0 Å². The molecule has 1 aromatic carbocycles. The summed E-state index contributed by atoms with van der Waals surface area (Å²) in [5.74, 6) is 0. The van der Waals surface area contributed by atoms with Crippen LogP contribution in [0.3, 0.4) is 0 Å². The quantitative estimate of drug-likeness (QED) is 0.860. The second-order valence-corrected chi connectivity index (χ2v) is 5.68. The number of pyridine rings is 1. The number of fused-ring (bicyclic) bond motifs is 1. The standard InChI is InChI=1S/C15H14Cl2N2/c1-9-7-12(17)14(8-11(9)16)19-13-5-4-10-3-2-6-18-15(10)13/h2-3,6-8,13,19H,4-5H2,1H3. The summed E-state index contributed by atoms with van der Waals surface area (Å²) < 4.78 is 0. The molecule has 2 nitrogen and oxygen atoms in total. The molecule has 0 radical (unpaired) electrons. The molecule has 2 aromatic rings. The fourth-order valence-electron chi connectivity index (χ4n) is 2.50. The van der Waals surface area contributed by atoms with Crippen molar-refractivity contribution < 1.29 is 0 Å². The average Bonchev–Trinajstić information content (AvgIpc) is 2.80. The first-order valence-electron chi connectivity index (χ1n) is 6.31. The molecule has 98 valence electrons. The van der Waals surface area contributed by atoms with E-state index in [-0.39, 0.29) is 6.04 Å². The molecule has 0 fully saturated rings. The third-order valence-electron chi connectivity index (χ3n) is 3.54. The van der Waals surface area contributed by atoms with Crippen LogP contribution in [0.25, 0.3) is 0 Å². The molecular weight excluding hydrogens is 279 g/mol. The Kier molecular flexibility index (Phi) is 3.38. The third-order valence-corrected chi connectivity index (χ3v) is 4.26. The summed E-state index contributed by atoms with van der Waals surface area (Å²) in [5, 5.41) is 4.88. The minimum atomic E-state index is 0.215. The number of nitrogens with one attached hydrogen (secondary N) is 1. The van der Waals surface area contributed by atoms with Gasteiger partial charge in [-0.25, -0.2) is 0 Å². The zero-order chi connectivity index (χ0) is 13.4. The van der Waals surface area contributed by atoms with Crippen molar-refractivity contribution in [1.29, 1.82) is 0 Å². The van der Waals surface area contributed by atoms with Crippen LogP contribution in [0.15, 0.2) is 30.5 Å². The van der Waals surface area contributed by atoms with Gasteiger partial charge in [-0.2, -0.15) is 0 Å². The van der Waals surface area contributed by atoms with Crippen LogP contribution in [-0.2, 0) is 6.42 Å². The van der Waals surface area contributed by atoms with Crippen LogP contribution in [0.1, 0.15) is 29.3 Å². The van der Waals surface area contributed by atoms with Crippen molar-refractivity contribution in [2.24, 2.45) is 0 Å². The minimum Gasteiger partial charge on any atom is -0.375 e. The van der Waals surface area contributed by atoms with E-state index < -0.39 is 0 Å². The highest BCUT2D eigenvalue weighted by atomic mass is 35.5. The van der Waals surface area contributed by atoms with Crippen LogP contribution in [-0.4, -0.2) is 4.98 Å². The highest BCUT2D eigenvalue weighted by Gasteiger charge is 2.24. The Bertz CT molecular complexity index is 626. The lowest BCUT2D eigenvalue weighted by Crippen LogP contribution is -2.09. The number of benzene rings is 1. The molecule has 0 bridgehead atoms. The van der Waals surface area contributed by atoms with Gasteiger partial charge in [-0.3, -0.25) is 4.98 Å². The van der Waals surface area contributed by atoms with Crippen LogP contribution < -0.4 is 5.32 Å². The van der Waals surface area contributed by atoms with E-state index in [9.17, 15) is 0 Å². The third kappa shape index (κ3) is 2.43. The van der Waals surface area contributed by atoms with E-state index >= 15 is 0 Å². The summed E-state index contributed by atoms with van der Waals surface area (Å²) in [7, 11) is 0. The largest absolute Gasteiger partial charge is 0.375 e. The van der Waals surface area contributed by atoms with Crippen LogP contribution in [0.2, 0.25) is 10.0 Å². The van der Waals surface area contributed by atoms with Gasteiger partial charge in [-0.1, -0.05) is 29.3 Å². The van der Waals surface area contributed by atoms with Gasteiger partial charge in [0.05, 0.1) is 22.4 Å². The summed E-state index contributed by atoms with van der Waals surface area (Å²) in [6.07, 6.45) is 3.93. The van der Waals surface area contributed by atoms with Gasteiger partial charge in [0.2, 0.25) is 0 Å². The van der Waals surface area contributed by atoms with Crippen molar-refractivity contribution in [1.82, 2.24) is 4.98 Å². The molecule has 1 aliphatic rings. The highest BCUT2D eigenvalue weighted by molar-refractivity contribution is 6.35. The number of aromatic nitrogens is 1. The first kappa shape index (κ1) is 12.8. The Balaban J connectivity index is 1.89. The number of aryl methyl sites for hydroxylation is 2. The van der Waals surface area contributed by atoms with Gasteiger partial charge >= 0.3 is 0 Å². The maximum atomic E-state index is 6.27. The Morgan fingerprint density at radius 3 is 2.95 bits per heavy atom. The number of hydrogen-bond acceptors (Lipinski definition) is 2. The molecule has 0 amide bonds. The number of anilines is 1. The van der Waals surface area contributed by atoms with Gasteiger partial charge in [0.1, 0.15) is 0 Å². The summed E-state index contributed by atoms with van der Waals surface area (Å²) in [6.45, 7) is 1.95. The number of hydrogen-bond donors (Lipinski definition) is 1. The highest BCUT2D eigenvalue weighted by Crippen LogP contribution is 2.36. The summed E-state index contributed by atoms with van der Waals surface area (Å²) in [4.78, 5) is 4.47. The number of rotatable bonds is 2. The van der Waals surface area contributed by atoms with Crippen molar-refractivity contribution in [2.75, 3.05) is 5.32 Å². The second kappa shape index (κ2) is 5.03. The zero-order valence-electron chi connectivity index (χ0n) is 10.6. The van der Waals surface area contributed by atoms with Crippen molar-refractivity contribution in [3.05, 3.63) is 57.3 Å². The molecule has 0 saturated carbocycles. The molecule has 0 aliphatic heterocycles. The van der Waals surface area contributed by atoms with Gasteiger partial charge in [0.15, 0.2) is 0 Å². The SMILES string of the molecule is Cc1cc(Cl)c(NC2CCc3cccnc32)cc1Cl. The fourth-order valence-corrected chi connectivity index (χ4v) is 2.93. The van der Waals surface area contributed by atoms with E-state index in [1.807, 2.05) is 31.3 Å². The van der Waals surface area contributed by atoms with Gasteiger partial charge in [-0.05, 0) is 49.1 Å². The van der Waals surface area contributed by atoms with Crippen molar-refractivity contribution >= 4 is 28.9 Å². The number of halogens is 2. The lowest BCUT2D eigenvalue weighted by molar-refractivity contribution is 0.746. The Morgan fingerprint density at radius 2 is 2.11 bits per heavy atom. The first-order valence-corrected chi connectivity index (χ1v) is 7.06. The molecule has 19 heavy (non-hydrogen) atoms. The van der Waals surface area contributed by atoms with Gasteiger partial charge in [0.25, 0.3) is 0 Å². The molecule has 1 unspecified atom stereocenters. The van der Waals surface area contributed by atoms with E-state index in [4.69, 9.17) is 23.2 Å². The van der Waals surface area contributed by atoms with Crippen LogP contribution >= 0.6 is 23.2 Å². The molecule has 1 heterocycles. The average molecular weight is 293 g/mol. The fraction of sp³-hybridized carbons (Fsp3) is 0.267. The molecule has 1 N–H and O–H groups in total. The molecule has 0 saturated heterocycles. The number of nitrogens with zero attached hydrogens (tertiary/aromatic N) is 1. The summed E-state index contributed by atoms with van der Waals surface area (Å²) in [6, 6.07) is 8.11. The summed E-state index contributed by atoms with van der Waals surface area (Å²) >= 11 is 12.4. The normalized spacial score (nSPS) is 17.3. The first-order chi connectivity index (χ1) is 9.15. The van der Waals surface area contributed by atoms with E-state index in [1.165, 1.54) is 5.56 Å². The lowest BCUT2D eigenvalue weighted by Gasteiger charge is -2.16. The molecule has 1 aromatic heterocycles. The molecule has 3 rings (SSSR count). The van der Waals surface area contributed by atoms with E-state index in [1.54, 1.807) is 0 Å². The van der Waals surface area contributed by atoms with Gasteiger partial charge in [0, 0.05) is 11.2 Å². The minimum absolute atomic E-state index is 0.215. The predicted molar refractivity (Wildman–Crippen MR) is 80.1 cm³/mol. The predicted octanol–water partition coefficient (Wildman–Crippen LogP) is 4.80.